The van der Waals surface area contributed by atoms with Gasteiger partial charge in [0.15, 0.2) is 0 Å². The molecule has 0 aromatic carbocycles. The third-order valence-corrected chi connectivity index (χ3v) is 4.04. The summed E-state index contributed by atoms with van der Waals surface area (Å²) < 4.78 is 0. The average molecular weight is 150 g/mol. The summed E-state index contributed by atoms with van der Waals surface area (Å²) in [5.74, 6) is 4.67. The molecule has 11 heavy (non-hydrogen) atoms. The van der Waals surface area contributed by atoms with Gasteiger partial charge in [-0.3, -0.25) is 0 Å². The van der Waals surface area contributed by atoms with Crippen LogP contribution in [0.2, 0.25) is 0 Å². The van der Waals surface area contributed by atoms with Gasteiger partial charge in [-0.1, -0.05) is 0 Å². The van der Waals surface area contributed by atoms with Gasteiger partial charge in [0.2, 0.25) is 0 Å². The van der Waals surface area contributed by atoms with E-state index in [0.29, 0.717) is 6.04 Å². The Bertz CT molecular complexity index is 148. The molecule has 0 spiro atoms. The summed E-state index contributed by atoms with van der Waals surface area (Å²) in [6.07, 6.45) is 7.12. The molecule has 2 unspecified atom stereocenters. The van der Waals surface area contributed by atoms with Gasteiger partial charge in [0.1, 0.15) is 0 Å². The average Bonchev–Trinajstić information content (AvgIpc) is 1.98. The van der Waals surface area contributed by atoms with Crippen LogP contribution in [0.5, 0.6) is 0 Å². The quantitative estimate of drug-likeness (QED) is 0.559. The number of hydrogen-bond donors (Lipinski definition) is 1. The molecule has 1 heteroatoms. The van der Waals surface area contributed by atoms with Crippen LogP contribution in [0.1, 0.15) is 32.1 Å². The van der Waals surface area contributed by atoms with Crippen molar-refractivity contribution in [2.75, 3.05) is 0 Å². The summed E-state index contributed by atoms with van der Waals surface area (Å²) in [6, 6.07) is 0.565. The van der Waals surface area contributed by atoms with Crippen molar-refractivity contribution >= 4 is 0 Å². The van der Waals surface area contributed by atoms with Crippen molar-refractivity contribution in [1.29, 1.82) is 0 Å². The predicted molar refractivity (Wildman–Crippen MR) is 44.8 cm³/mol. The van der Waals surface area contributed by atoms with E-state index in [4.69, 9.17) is 5.73 Å². The van der Waals surface area contributed by atoms with Gasteiger partial charge >= 0.3 is 0 Å². The summed E-state index contributed by atoms with van der Waals surface area (Å²) >= 11 is 0. The Hall–Kier alpha value is -0.0400. The summed E-state index contributed by atoms with van der Waals surface area (Å²) in [5, 5.41) is 0. The van der Waals surface area contributed by atoms with Gasteiger partial charge in [0.25, 0.3) is 0 Å². The topological polar surface area (TPSA) is 26.0 Å². The van der Waals surface area contributed by atoms with Crippen LogP contribution >= 0.6 is 0 Å². The zero-order valence-electron chi connectivity index (χ0n) is 6.92. The van der Waals surface area contributed by atoms with Gasteiger partial charge in [0.05, 0.1) is 0 Å². The monoisotopic (exact) mass is 150 g/mol. The molecule has 0 aliphatic heterocycles. The minimum atomic E-state index is 0.565. The van der Waals surface area contributed by atoms with Crippen LogP contribution in [0.4, 0.5) is 0 Å². The van der Waals surface area contributed by atoms with Crippen molar-refractivity contribution in [1.82, 2.24) is 0 Å². The van der Waals surface area contributed by atoms with Crippen LogP contribution < -0.4 is 5.73 Å². The molecule has 0 aromatic heterocycles. The summed E-state index contributed by atoms with van der Waals surface area (Å²) in [4.78, 5) is 0. The van der Waals surface area contributed by atoms with Gasteiger partial charge in [-0.2, -0.15) is 0 Å². The number of nitrogens with two attached hydrogens (primary N) is 1. The molecule has 4 bridgehead atoms. The standard InChI is InChI=1S/C10H16N/c11-10-8-2-6-1-7(4-8)5-9(10)3-6/h6,8-10H,1-5,11H2. The molecule has 4 aliphatic carbocycles. The van der Waals surface area contributed by atoms with Crippen LogP contribution in [-0.2, 0) is 0 Å². The van der Waals surface area contributed by atoms with Crippen LogP contribution in [0.25, 0.3) is 0 Å². The van der Waals surface area contributed by atoms with Crippen LogP contribution in [0, 0.1) is 23.7 Å². The fraction of sp³-hybridized carbons (Fsp3) is 0.900. The second-order valence-corrected chi connectivity index (χ2v) is 4.80. The van der Waals surface area contributed by atoms with E-state index in [1.54, 1.807) is 0 Å². The Morgan fingerprint density at radius 2 is 1.64 bits per heavy atom. The Balaban J connectivity index is 1.91. The minimum Gasteiger partial charge on any atom is -0.327 e. The highest BCUT2D eigenvalue weighted by molar-refractivity contribution is 5.12. The van der Waals surface area contributed by atoms with E-state index in [2.05, 4.69) is 0 Å². The fourth-order valence-corrected chi connectivity index (χ4v) is 3.66. The minimum absolute atomic E-state index is 0.565. The van der Waals surface area contributed by atoms with E-state index in [1.165, 1.54) is 32.1 Å². The smallest absolute Gasteiger partial charge is 0.00962 e. The first-order valence-electron chi connectivity index (χ1n) is 4.92. The highest BCUT2D eigenvalue weighted by atomic mass is 14.7. The van der Waals surface area contributed by atoms with E-state index >= 15 is 0 Å². The van der Waals surface area contributed by atoms with Crippen molar-refractivity contribution in [2.24, 2.45) is 23.5 Å². The van der Waals surface area contributed by atoms with Gasteiger partial charge in [-0.15, -0.1) is 0 Å². The third kappa shape index (κ3) is 0.807. The normalized spacial score (nSPS) is 55.4. The molecule has 4 aliphatic rings. The lowest BCUT2D eigenvalue weighted by atomic mass is 9.54. The lowest BCUT2D eigenvalue weighted by Gasteiger charge is -2.53. The van der Waals surface area contributed by atoms with Crippen molar-refractivity contribution in [3.05, 3.63) is 5.92 Å². The van der Waals surface area contributed by atoms with Gasteiger partial charge in [0, 0.05) is 6.04 Å². The van der Waals surface area contributed by atoms with E-state index in [9.17, 15) is 0 Å². The molecule has 0 heterocycles. The zero-order valence-corrected chi connectivity index (χ0v) is 6.92. The molecule has 4 rings (SSSR count). The van der Waals surface area contributed by atoms with E-state index in [1.807, 2.05) is 5.92 Å². The van der Waals surface area contributed by atoms with E-state index < -0.39 is 0 Å². The van der Waals surface area contributed by atoms with E-state index in [-0.39, 0.29) is 0 Å². The molecule has 2 N–H and O–H groups in total. The first kappa shape index (κ1) is 6.47. The first-order chi connectivity index (χ1) is 5.33. The number of hydrogen-bond acceptors (Lipinski definition) is 1. The summed E-state index contributed by atoms with van der Waals surface area (Å²) in [7, 11) is 0. The molecule has 4 saturated carbocycles. The SMILES string of the molecule is NC1C2C[C]3CC(C2)CC1C3. The Morgan fingerprint density at radius 3 is 2.18 bits per heavy atom. The lowest BCUT2D eigenvalue weighted by molar-refractivity contribution is 0.0668. The van der Waals surface area contributed by atoms with Crippen LogP contribution in [0.15, 0.2) is 0 Å². The molecule has 0 amide bonds. The van der Waals surface area contributed by atoms with Crippen molar-refractivity contribution < 1.29 is 0 Å². The van der Waals surface area contributed by atoms with Gasteiger partial charge < -0.3 is 5.73 Å². The second kappa shape index (κ2) is 2.01. The number of rotatable bonds is 0. The van der Waals surface area contributed by atoms with E-state index in [0.717, 1.165) is 17.8 Å². The fourth-order valence-electron chi connectivity index (χ4n) is 3.66. The zero-order chi connectivity index (χ0) is 7.42. The Labute approximate surface area is 68.3 Å². The molecule has 61 valence electrons. The van der Waals surface area contributed by atoms with Crippen LogP contribution in [-0.4, -0.2) is 6.04 Å². The second-order valence-electron chi connectivity index (χ2n) is 4.80. The summed E-state index contributed by atoms with van der Waals surface area (Å²) in [5.41, 5.74) is 6.15. The maximum Gasteiger partial charge on any atom is 0.00962 e. The molecule has 0 aromatic rings. The van der Waals surface area contributed by atoms with Crippen molar-refractivity contribution in [2.45, 2.75) is 38.1 Å². The summed E-state index contributed by atoms with van der Waals surface area (Å²) in [6.45, 7) is 0. The maximum atomic E-state index is 6.15. The Kier molecular flexibility index (Phi) is 1.18. The first-order valence-corrected chi connectivity index (χ1v) is 4.92. The van der Waals surface area contributed by atoms with Gasteiger partial charge in [-0.05, 0) is 55.8 Å². The molecule has 1 radical (unpaired) electrons. The predicted octanol–water partition coefficient (Wildman–Crippen LogP) is 1.73. The van der Waals surface area contributed by atoms with Crippen LogP contribution in [0.3, 0.4) is 0 Å². The molecule has 0 saturated heterocycles. The Morgan fingerprint density at radius 1 is 1.00 bits per heavy atom. The molecular weight excluding hydrogens is 134 g/mol. The lowest BCUT2D eigenvalue weighted by Crippen LogP contribution is -2.51. The molecule has 1 nitrogen and oxygen atoms in total. The van der Waals surface area contributed by atoms with Gasteiger partial charge in [-0.25, -0.2) is 0 Å². The third-order valence-electron chi connectivity index (χ3n) is 4.04. The molecular formula is C10H16N. The highest BCUT2D eigenvalue weighted by Crippen LogP contribution is 2.53. The maximum absolute atomic E-state index is 6.15. The van der Waals surface area contributed by atoms with Crippen molar-refractivity contribution in [3.8, 4) is 0 Å². The molecule has 4 fully saturated rings. The van der Waals surface area contributed by atoms with Crippen molar-refractivity contribution in [3.63, 3.8) is 0 Å². The molecule has 2 atom stereocenters. The largest absolute Gasteiger partial charge is 0.327 e. The highest BCUT2D eigenvalue weighted by Gasteiger charge is 2.46.